The highest BCUT2D eigenvalue weighted by atomic mass is 16.2. The number of para-hydroxylation sites is 1. The second-order valence-electron chi connectivity index (χ2n) is 4.23. The molecule has 0 saturated heterocycles. The van der Waals surface area contributed by atoms with Gasteiger partial charge in [0.05, 0.1) is 16.9 Å². The fraction of sp³-hybridized carbons (Fsp3) is 0.133. The van der Waals surface area contributed by atoms with Crippen LogP contribution < -0.4 is 10.6 Å². The van der Waals surface area contributed by atoms with Crippen molar-refractivity contribution in [3.8, 4) is 6.07 Å². The van der Waals surface area contributed by atoms with Crippen molar-refractivity contribution in [2.24, 2.45) is 5.73 Å². The fourth-order valence-corrected chi connectivity index (χ4v) is 1.89. The second-order valence-corrected chi connectivity index (χ2v) is 4.23. The minimum Gasteiger partial charge on any atom is -0.325 e. The highest BCUT2D eigenvalue weighted by Crippen LogP contribution is 2.20. The summed E-state index contributed by atoms with van der Waals surface area (Å²) in [4.78, 5) is 17.9. The Hall–Kier alpha value is -2.71. The van der Waals surface area contributed by atoms with Gasteiger partial charge in [-0.3, -0.25) is 9.78 Å². The normalized spacial score (nSPS) is 9.85. The van der Waals surface area contributed by atoms with E-state index in [1.54, 1.807) is 49.6 Å². The summed E-state index contributed by atoms with van der Waals surface area (Å²) in [5.41, 5.74) is 7.70. The topological polar surface area (TPSA) is 83.0 Å². The van der Waals surface area contributed by atoms with Crippen LogP contribution in [0.25, 0.3) is 0 Å². The minimum atomic E-state index is -0.204. The van der Waals surface area contributed by atoms with Gasteiger partial charge in [-0.15, -0.1) is 0 Å². The predicted molar refractivity (Wildman–Crippen MR) is 76.0 cm³/mol. The third-order valence-electron chi connectivity index (χ3n) is 2.96. The molecule has 0 fully saturated rings. The molecule has 2 N–H and O–H groups in total. The lowest BCUT2D eigenvalue weighted by molar-refractivity contribution is 0.0992. The lowest BCUT2D eigenvalue weighted by Gasteiger charge is -2.18. The molecule has 20 heavy (non-hydrogen) atoms. The van der Waals surface area contributed by atoms with E-state index in [4.69, 9.17) is 11.0 Å². The summed E-state index contributed by atoms with van der Waals surface area (Å²) in [6.07, 6.45) is 1.56. The molecule has 0 saturated carbocycles. The van der Waals surface area contributed by atoms with Crippen molar-refractivity contribution in [2.75, 3.05) is 11.9 Å². The van der Waals surface area contributed by atoms with E-state index in [2.05, 4.69) is 11.1 Å². The molecule has 2 rings (SSSR count). The Labute approximate surface area is 117 Å². The molecule has 100 valence electrons. The minimum absolute atomic E-state index is 0.204. The molecule has 0 aliphatic rings. The predicted octanol–water partition coefficient (Wildman–Crippen LogP) is 1.69. The number of carbonyl (C=O) groups is 1. The number of aromatic nitrogens is 1. The van der Waals surface area contributed by atoms with Crippen LogP contribution in [0.3, 0.4) is 0 Å². The molecular formula is C15H14N4O. The fourth-order valence-electron chi connectivity index (χ4n) is 1.89. The van der Waals surface area contributed by atoms with Gasteiger partial charge >= 0.3 is 0 Å². The largest absolute Gasteiger partial charge is 0.325 e. The van der Waals surface area contributed by atoms with Gasteiger partial charge in [0.15, 0.2) is 0 Å². The highest BCUT2D eigenvalue weighted by molar-refractivity contribution is 6.06. The summed E-state index contributed by atoms with van der Waals surface area (Å²) < 4.78 is 0. The lowest BCUT2D eigenvalue weighted by Crippen LogP contribution is -2.27. The van der Waals surface area contributed by atoms with Gasteiger partial charge in [0, 0.05) is 25.4 Å². The molecule has 0 unspecified atom stereocenters. The van der Waals surface area contributed by atoms with Crippen LogP contribution in [-0.2, 0) is 6.54 Å². The number of benzene rings is 1. The van der Waals surface area contributed by atoms with Gasteiger partial charge in [-0.05, 0) is 24.3 Å². The van der Waals surface area contributed by atoms with Crippen LogP contribution in [0, 0.1) is 11.3 Å². The monoisotopic (exact) mass is 266 g/mol. The summed E-state index contributed by atoms with van der Waals surface area (Å²) in [5, 5.41) is 9.09. The van der Waals surface area contributed by atoms with Crippen LogP contribution in [0.4, 0.5) is 5.69 Å². The van der Waals surface area contributed by atoms with Crippen LogP contribution in [0.15, 0.2) is 42.6 Å². The van der Waals surface area contributed by atoms with Crippen molar-refractivity contribution in [1.82, 2.24) is 4.98 Å². The van der Waals surface area contributed by atoms with Gasteiger partial charge < -0.3 is 10.6 Å². The third kappa shape index (κ3) is 2.66. The number of anilines is 1. The maximum atomic E-state index is 12.4. The van der Waals surface area contributed by atoms with Gasteiger partial charge in [-0.1, -0.05) is 12.1 Å². The first-order chi connectivity index (χ1) is 9.67. The van der Waals surface area contributed by atoms with Crippen LogP contribution in [0.5, 0.6) is 0 Å². The molecule has 0 aliphatic carbocycles. The van der Waals surface area contributed by atoms with Crippen molar-refractivity contribution < 1.29 is 4.79 Å². The zero-order chi connectivity index (χ0) is 14.5. The Morgan fingerprint density at radius 2 is 2.15 bits per heavy atom. The number of hydrogen-bond acceptors (Lipinski definition) is 4. The number of pyridine rings is 1. The van der Waals surface area contributed by atoms with E-state index >= 15 is 0 Å². The lowest BCUT2D eigenvalue weighted by atomic mass is 10.1. The SMILES string of the molecule is CN(C(=O)c1ccnc(CN)c1)c1ccccc1C#N. The van der Waals surface area contributed by atoms with Gasteiger partial charge in [0.2, 0.25) is 0 Å². The number of carbonyl (C=O) groups excluding carboxylic acids is 1. The maximum absolute atomic E-state index is 12.4. The second kappa shape index (κ2) is 5.95. The van der Waals surface area contributed by atoms with Crippen LogP contribution in [0.1, 0.15) is 21.6 Å². The quantitative estimate of drug-likeness (QED) is 0.916. The molecule has 1 aromatic carbocycles. The number of amides is 1. The molecule has 5 nitrogen and oxygen atoms in total. The van der Waals surface area contributed by atoms with E-state index in [9.17, 15) is 4.79 Å². The molecule has 1 heterocycles. The first-order valence-electron chi connectivity index (χ1n) is 6.09. The Morgan fingerprint density at radius 1 is 1.40 bits per heavy atom. The van der Waals surface area contributed by atoms with E-state index in [0.717, 1.165) is 0 Å². The van der Waals surface area contributed by atoms with E-state index in [1.165, 1.54) is 4.90 Å². The Balaban J connectivity index is 2.35. The van der Waals surface area contributed by atoms with Crippen LogP contribution >= 0.6 is 0 Å². The first kappa shape index (κ1) is 13.7. The number of rotatable bonds is 3. The molecule has 0 atom stereocenters. The summed E-state index contributed by atoms with van der Waals surface area (Å²) in [6.45, 7) is 0.277. The van der Waals surface area contributed by atoms with Crippen molar-refractivity contribution in [2.45, 2.75) is 6.54 Å². The molecule has 0 spiro atoms. The van der Waals surface area contributed by atoms with Gasteiger partial charge in [0.1, 0.15) is 6.07 Å². The zero-order valence-corrected chi connectivity index (χ0v) is 11.1. The summed E-state index contributed by atoms with van der Waals surface area (Å²) in [5.74, 6) is -0.204. The van der Waals surface area contributed by atoms with Crippen LogP contribution in [0.2, 0.25) is 0 Å². The number of nitrogens with zero attached hydrogens (tertiary/aromatic N) is 3. The zero-order valence-electron chi connectivity index (χ0n) is 11.1. The standard InChI is InChI=1S/C15H14N4O/c1-19(14-5-3-2-4-12(14)9-16)15(20)11-6-7-18-13(8-11)10-17/h2-8H,10,17H2,1H3. The van der Waals surface area contributed by atoms with Crippen molar-refractivity contribution in [3.63, 3.8) is 0 Å². The van der Waals surface area contributed by atoms with Crippen molar-refractivity contribution >= 4 is 11.6 Å². The van der Waals surface area contributed by atoms with Gasteiger partial charge in [-0.2, -0.15) is 5.26 Å². The molecule has 5 heteroatoms. The molecule has 1 amide bonds. The smallest absolute Gasteiger partial charge is 0.258 e. The average Bonchev–Trinajstić information content (AvgIpc) is 2.53. The molecule has 2 aromatic rings. The van der Waals surface area contributed by atoms with Gasteiger partial charge in [-0.25, -0.2) is 0 Å². The van der Waals surface area contributed by atoms with E-state index in [0.29, 0.717) is 22.5 Å². The Bertz CT molecular complexity index is 676. The van der Waals surface area contributed by atoms with Crippen LogP contribution in [-0.4, -0.2) is 17.9 Å². The molecule has 0 bridgehead atoms. The Morgan fingerprint density at radius 3 is 2.85 bits per heavy atom. The number of nitrogens with two attached hydrogens (primary N) is 1. The third-order valence-corrected chi connectivity index (χ3v) is 2.96. The molecule has 0 aliphatic heterocycles. The van der Waals surface area contributed by atoms with E-state index < -0.39 is 0 Å². The van der Waals surface area contributed by atoms with E-state index in [1.807, 2.05) is 0 Å². The van der Waals surface area contributed by atoms with Crippen molar-refractivity contribution in [1.29, 1.82) is 5.26 Å². The molecule has 1 aromatic heterocycles. The summed E-state index contributed by atoms with van der Waals surface area (Å²) >= 11 is 0. The molecule has 0 radical (unpaired) electrons. The first-order valence-corrected chi connectivity index (χ1v) is 6.09. The summed E-state index contributed by atoms with van der Waals surface area (Å²) in [7, 11) is 1.64. The average molecular weight is 266 g/mol. The molecular weight excluding hydrogens is 252 g/mol. The van der Waals surface area contributed by atoms with Gasteiger partial charge in [0.25, 0.3) is 5.91 Å². The Kier molecular flexibility index (Phi) is 4.08. The highest BCUT2D eigenvalue weighted by Gasteiger charge is 2.16. The number of nitriles is 1. The van der Waals surface area contributed by atoms with Crippen molar-refractivity contribution in [3.05, 3.63) is 59.4 Å². The summed E-state index contributed by atoms with van der Waals surface area (Å²) in [6, 6.07) is 12.3. The number of hydrogen-bond donors (Lipinski definition) is 1. The van der Waals surface area contributed by atoms with E-state index in [-0.39, 0.29) is 12.5 Å². The maximum Gasteiger partial charge on any atom is 0.258 e.